The number of nitrogens with one attached hydrogen (secondary N) is 1. The van der Waals surface area contributed by atoms with E-state index in [0.29, 0.717) is 22.7 Å². The number of hydrogen-bond acceptors (Lipinski definition) is 3. The van der Waals surface area contributed by atoms with Crippen LogP contribution < -0.4 is 5.32 Å². The van der Waals surface area contributed by atoms with Crippen molar-refractivity contribution in [1.29, 1.82) is 5.26 Å². The van der Waals surface area contributed by atoms with E-state index < -0.39 is 11.9 Å². The van der Waals surface area contributed by atoms with Crippen LogP contribution in [0.1, 0.15) is 41.6 Å². The Morgan fingerprint density at radius 3 is 2.52 bits per heavy atom. The van der Waals surface area contributed by atoms with E-state index in [0.717, 1.165) is 18.4 Å². The number of anilines is 1. The van der Waals surface area contributed by atoms with Crippen molar-refractivity contribution in [2.45, 2.75) is 24.9 Å². The first-order chi connectivity index (χ1) is 15.1. The Morgan fingerprint density at radius 1 is 1.10 bits per heavy atom. The molecule has 0 bridgehead atoms. The molecule has 1 saturated heterocycles. The quantitative estimate of drug-likeness (QED) is 0.547. The van der Waals surface area contributed by atoms with Gasteiger partial charge in [0.05, 0.1) is 23.4 Å². The number of amides is 1. The minimum absolute atomic E-state index is 0.135. The van der Waals surface area contributed by atoms with Gasteiger partial charge in [-0.15, -0.1) is 0 Å². The van der Waals surface area contributed by atoms with Gasteiger partial charge in [0.2, 0.25) is 5.91 Å². The van der Waals surface area contributed by atoms with Crippen molar-refractivity contribution >= 4 is 23.2 Å². The van der Waals surface area contributed by atoms with Crippen molar-refractivity contribution in [3.05, 3.63) is 100 Å². The Morgan fingerprint density at radius 2 is 1.81 bits per heavy atom. The number of carbonyl (C=O) groups is 1. The van der Waals surface area contributed by atoms with E-state index in [1.807, 2.05) is 29.2 Å². The van der Waals surface area contributed by atoms with E-state index in [4.69, 9.17) is 16.9 Å². The molecule has 0 spiro atoms. The first-order valence-electron chi connectivity index (χ1n) is 10.1. The van der Waals surface area contributed by atoms with E-state index in [1.54, 1.807) is 42.5 Å². The number of hydrogen-bond donors (Lipinski definition) is 1. The summed E-state index contributed by atoms with van der Waals surface area (Å²) < 4.78 is 14.4. The molecule has 2 atom stereocenters. The molecule has 0 aromatic heterocycles. The number of benzene rings is 3. The Balaban J connectivity index is 1.70. The van der Waals surface area contributed by atoms with E-state index in [1.165, 1.54) is 6.07 Å². The summed E-state index contributed by atoms with van der Waals surface area (Å²) in [5.74, 6) is -0.589. The van der Waals surface area contributed by atoms with Gasteiger partial charge in [-0.1, -0.05) is 54.1 Å². The van der Waals surface area contributed by atoms with Crippen LogP contribution in [0.3, 0.4) is 0 Å². The number of para-hydroxylation sites is 1. The molecule has 3 aromatic carbocycles. The molecule has 6 heteroatoms. The van der Waals surface area contributed by atoms with Gasteiger partial charge >= 0.3 is 0 Å². The van der Waals surface area contributed by atoms with Crippen LogP contribution in [0, 0.1) is 17.1 Å². The molecule has 4 nitrogen and oxygen atoms in total. The van der Waals surface area contributed by atoms with Crippen LogP contribution in [0.4, 0.5) is 10.1 Å². The lowest BCUT2D eigenvalue weighted by Crippen LogP contribution is -2.38. The molecular formula is C25H21ClFN3O. The van der Waals surface area contributed by atoms with Crippen LogP contribution in [0.5, 0.6) is 0 Å². The second-order valence-electron chi connectivity index (χ2n) is 7.50. The molecule has 1 amide bonds. The highest BCUT2D eigenvalue weighted by atomic mass is 35.5. The number of halogens is 2. The molecule has 0 radical (unpaired) electrons. The Hall–Kier alpha value is -3.36. The van der Waals surface area contributed by atoms with Crippen molar-refractivity contribution in [2.75, 3.05) is 11.9 Å². The van der Waals surface area contributed by atoms with Crippen molar-refractivity contribution in [1.82, 2.24) is 4.90 Å². The maximum atomic E-state index is 14.4. The van der Waals surface area contributed by atoms with Gasteiger partial charge in [-0.2, -0.15) is 5.26 Å². The summed E-state index contributed by atoms with van der Waals surface area (Å²) >= 11 is 6.42. The van der Waals surface area contributed by atoms with E-state index in [2.05, 4.69) is 11.4 Å². The molecule has 0 saturated carbocycles. The molecule has 0 aliphatic carbocycles. The Labute approximate surface area is 185 Å². The van der Waals surface area contributed by atoms with Crippen LogP contribution >= 0.6 is 11.6 Å². The molecule has 3 aromatic rings. The highest BCUT2D eigenvalue weighted by Gasteiger charge is 2.35. The topological polar surface area (TPSA) is 56.1 Å². The molecule has 1 N–H and O–H groups in total. The van der Waals surface area contributed by atoms with Gasteiger partial charge < -0.3 is 10.2 Å². The molecular weight excluding hydrogens is 413 g/mol. The summed E-state index contributed by atoms with van der Waals surface area (Å²) in [4.78, 5) is 15.6. The summed E-state index contributed by atoms with van der Waals surface area (Å²) in [6.07, 6.45) is 1.68. The molecule has 1 fully saturated rings. The lowest BCUT2D eigenvalue weighted by atomic mass is 10.0. The molecule has 1 heterocycles. The second kappa shape index (κ2) is 9.20. The van der Waals surface area contributed by atoms with Gasteiger partial charge in [0.25, 0.3) is 0 Å². The summed E-state index contributed by atoms with van der Waals surface area (Å²) in [5, 5.41) is 12.8. The highest BCUT2D eigenvalue weighted by molar-refractivity contribution is 6.31. The maximum Gasteiger partial charge on any atom is 0.250 e. The van der Waals surface area contributed by atoms with Crippen molar-refractivity contribution in [3.63, 3.8) is 0 Å². The highest BCUT2D eigenvalue weighted by Crippen LogP contribution is 2.38. The van der Waals surface area contributed by atoms with Crippen molar-refractivity contribution in [2.24, 2.45) is 0 Å². The third-order valence-electron chi connectivity index (χ3n) is 5.59. The summed E-state index contributed by atoms with van der Waals surface area (Å²) in [6.45, 7) is 0.598. The average molecular weight is 434 g/mol. The van der Waals surface area contributed by atoms with Gasteiger partial charge in [-0.3, -0.25) is 4.79 Å². The zero-order valence-corrected chi connectivity index (χ0v) is 17.5. The normalized spacial score (nSPS) is 16.5. The number of nitriles is 1. The van der Waals surface area contributed by atoms with Crippen LogP contribution in [-0.2, 0) is 4.79 Å². The Bertz CT molecular complexity index is 1130. The van der Waals surface area contributed by atoms with Crippen LogP contribution in [0.2, 0.25) is 5.02 Å². The molecule has 31 heavy (non-hydrogen) atoms. The van der Waals surface area contributed by atoms with Crippen LogP contribution in [0.15, 0.2) is 72.8 Å². The molecule has 4 rings (SSSR count). The number of rotatable bonds is 5. The van der Waals surface area contributed by atoms with E-state index in [-0.39, 0.29) is 17.6 Å². The summed E-state index contributed by atoms with van der Waals surface area (Å²) in [5.41, 5.74) is 2.33. The zero-order valence-electron chi connectivity index (χ0n) is 16.8. The van der Waals surface area contributed by atoms with E-state index in [9.17, 15) is 9.18 Å². The SMILES string of the molecule is N#Cc1ccc(C(Nc2ccccc2F)C(=O)N2CCCC2c2ccccc2Cl)cc1. The van der Waals surface area contributed by atoms with E-state index >= 15 is 0 Å². The van der Waals surface area contributed by atoms with Gasteiger partial charge in [0.1, 0.15) is 11.9 Å². The molecule has 1 aliphatic rings. The fourth-order valence-corrected chi connectivity index (χ4v) is 4.30. The van der Waals surface area contributed by atoms with Crippen LogP contribution in [-0.4, -0.2) is 17.4 Å². The van der Waals surface area contributed by atoms with Gasteiger partial charge in [-0.05, 0) is 54.3 Å². The fraction of sp³-hybridized carbons (Fsp3) is 0.200. The minimum Gasteiger partial charge on any atom is -0.368 e. The molecule has 2 unspecified atom stereocenters. The Kier molecular flexibility index (Phi) is 6.20. The average Bonchev–Trinajstić information content (AvgIpc) is 3.28. The predicted molar refractivity (Wildman–Crippen MR) is 119 cm³/mol. The fourth-order valence-electron chi connectivity index (χ4n) is 4.04. The lowest BCUT2D eigenvalue weighted by molar-refractivity contribution is -0.133. The lowest BCUT2D eigenvalue weighted by Gasteiger charge is -2.31. The predicted octanol–water partition coefficient (Wildman–Crippen LogP) is 5.87. The number of nitrogens with zero attached hydrogens (tertiary/aromatic N) is 2. The van der Waals surface area contributed by atoms with Gasteiger partial charge in [0.15, 0.2) is 0 Å². The monoisotopic (exact) mass is 433 g/mol. The second-order valence-corrected chi connectivity index (χ2v) is 7.91. The first-order valence-corrected chi connectivity index (χ1v) is 10.5. The summed E-state index contributed by atoms with van der Waals surface area (Å²) in [7, 11) is 0. The third-order valence-corrected chi connectivity index (χ3v) is 5.94. The van der Waals surface area contributed by atoms with Crippen LogP contribution in [0.25, 0.3) is 0 Å². The van der Waals surface area contributed by atoms with Crippen molar-refractivity contribution < 1.29 is 9.18 Å². The van der Waals surface area contributed by atoms with Crippen molar-refractivity contribution in [3.8, 4) is 6.07 Å². The van der Waals surface area contributed by atoms with Gasteiger partial charge in [0, 0.05) is 11.6 Å². The molecule has 1 aliphatic heterocycles. The number of likely N-dealkylation sites (tertiary alicyclic amines) is 1. The largest absolute Gasteiger partial charge is 0.368 e. The maximum absolute atomic E-state index is 14.4. The van der Waals surface area contributed by atoms with Gasteiger partial charge in [-0.25, -0.2) is 4.39 Å². The summed E-state index contributed by atoms with van der Waals surface area (Å²) in [6, 6.07) is 21.8. The zero-order chi connectivity index (χ0) is 21.8. The standard InChI is InChI=1S/C25H21ClFN3O/c26-20-7-2-1-6-19(20)23-10-5-15-30(23)25(31)24(18-13-11-17(16-28)12-14-18)29-22-9-4-3-8-21(22)27/h1-4,6-9,11-14,23-24,29H,5,10,15H2. The number of carbonyl (C=O) groups excluding carboxylic acids is 1. The first kappa shape index (κ1) is 20.9. The third kappa shape index (κ3) is 4.40. The minimum atomic E-state index is -0.798. The molecule has 156 valence electrons. The smallest absolute Gasteiger partial charge is 0.250 e.